The SMILES string of the molecule is CCCCCCOC1CCC(OC(=O)c2ccc(/C=C/C(=O)OCCc3cc(N)cc(N)c3)cc2)CC1. The van der Waals surface area contributed by atoms with Gasteiger partial charge in [0.15, 0.2) is 0 Å². The lowest BCUT2D eigenvalue weighted by molar-refractivity contribution is -0.137. The van der Waals surface area contributed by atoms with Crippen molar-refractivity contribution in [3.8, 4) is 0 Å². The van der Waals surface area contributed by atoms with Crippen LogP contribution in [0.1, 0.15) is 79.8 Å². The van der Waals surface area contributed by atoms with Crippen molar-refractivity contribution in [2.75, 3.05) is 24.7 Å². The molecule has 0 atom stereocenters. The minimum absolute atomic E-state index is 0.0643. The van der Waals surface area contributed by atoms with Crippen LogP contribution in [0.15, 0.2) is 48.5 Å². The van der Waals surface area contributed by atoms with E-state index in [2.05, 4.69) is 6.92 Å². The Hall–Kier alpha value is -3.32. The van der Waals surface area contributed by atoms with E-state index in [4.69, 9.17) is 25.7 Å². The van der Waals surface area contributed by atoms with Crippen molar-refractivity contribution in [1.82, 2.24) is 0 Å². The predicted molar refractivity (Wildman–Crippen MR) is 147 cm³/mol. The third-order valence-corrected chi connectivity index (χ3v) is 6.48. The topological polar surface area (TPSA) is 114 Å². The monoisotopic (exact) mass is 508 g/mol. The highest BCUT2D eigenvalue weighted by atomic mass is 16.5. The van der Waals surface area contributed by atoms with Gasteiger partial charge < -0.3 is 25.7 Å². The summed E-state index contributed by atoms with van der Waals surface area (Å²) < 4.78 is 16.9. The zero-order valence-corrected chi connectivity index (χ0v) is 21.8. The number of benzene rings is 2. The zero-order chi connectivity index (χ0) is 26.5. The summed E-state index contributed by atoms with van der Waals surface area (Å²) in [6, 6.07) is 12.3. The maximum Gasteiger partial charge on any atom is 0.338 e. The average Bonchev–Trinajstić information content (AvgIpc) is 2.88. The van der Waals surface area contributed by atoms with Gasteiger partial charge in [-0.15, -0.1) is 0 Å². The molecule has 37 heavy (non-hydrogen) atoms. The first-order valence-electron chi connectivity index (χ1n) is 13.4. The van der Waals surface area contributed by atoms with E-state index in [0.29, 0.717) is 23.4 Å². The second-order valence-electron chi connectivity index (χ2n) is 9.62. The highest BCUT2D eigenvalue weighted by molar-refractivity contribution is 5.90. The Labute approximate surface area is 220 Å². The molecule has 1 aliphatic rings. The van der Waals surface area contributed by atoms with Crippen LogP contribution < -0.4 is 11.5 Å². The predicted octanol–water partition coefficient (Wildman–Crippen LogP) is 5.72. The smallest absolute Gasteiger partial charge is 0.338 e. The first-order valence-corrected chi connectivity index (χ1v) is 13.4. The summed E-state index contributed by atoms with van der Waals surface area (Å²) >= 11 is 0. The Kier molecular flexibility index (Phi) is 11.5. The summed E-state index contributed by atoms with van der Waals surface area (Å²) in [6.07, 6.45) is 12.1. The Balaban J connectivity index is 1.35. The minimum Gasteiger partial charge on any atom is -0.462 e. The number of esters is 2. The molecule has 2 aromatic carbocycles. The van der Waals surface area contributed by atoms with Crippen LogP contribution in [-0.4, -0.2) is 37.4 Å². The average molecular weight is 509 g/mol. The highest BCUT2D eigenvalue weighted by Crippen LogP contribution is 2.25. The van der Waals surface area contributed by atoms with E-state index in [0.717, 1.165) is 49.8 Å². The molecule has 0 aromatic heterocycles. The molecule has 1 aliphatic carbocycles. The Morgan fingerprint density at radius 3 is 2.24 bits per heavy atom. The van der Waals surface area contributed by atoms with Crippen LogP contribution in [-0.2, 0) is 25.4 Å². The normalized spacial score (nSPS) is 17.5. The van der Waals surface area contributed by atoms with E-state index < -0.39 is 5.97 Å². The molecule has 1 fully saturated rings. The van der Waals surface area contributed by atoms with E-state index in [9.17, 15) is 9.59 Å². The molecule has 0 saturated heterocycles. The second-order valence-corrected chi connectivity index (χ2v) is 9.62. The van der Waals surface area contributed by atoms with Crippen LogP contribution in [0.4, 0.5) is 11.4 Å². The summed E-state index contributed by atoms with van der Waals surface area (Å²) in [5, 5.41) is 0. The molecule has 200 valence electrons. The van der Waals surface area contributed by atoms with E-state index >= 15 is 0 Å². The number of hydrogen-bond acceptors (Lipinski definition) is 7. The van der Waals surface area contributed by atoms with Crippen molar-refractivity contribution in [3.05, 3.63) is 65.2 Å². The third kappa shape index (κ3) is 10.3. The van der Waals surface area contributed by atoms with Crippen molar-refractivity contribution in [3.63, 3.8) is 0 Å². The van der Waals surface area contributed by atoms with E-state index in [1.54, 1.807) is 36.4 Å². The van der Waals surface area contributed by atoms with Gasteiger partial charge in [0.1, 0.15) is 6.10 Å². The molecule has 0 aliphatic heterocycles. The van der Waals surface area contributed by atoms with E-state index in [1.807, 2.05) is 12.1 Å². The molecule has 0 heterocycles. The maximum atomic E-state index is 12.6. The second kappa shape index (κ2) is 15.1. The van der Waals surface area contributed by atoms with Crippen LogP contribution >= 0.6 is 0 Å². The van der Waals surface area contributed by atoms with Crippen molar-refractivity contribution < 1.29 is 23.8 Å². The van der Waals surface area contributed by atoms with E-state index in [1.165, 1.54) is 25.3 Å². The first kappa shape index (κ1) is 28.3. The number of rotatable bonds is 13. The molecule has 0 bridgehead atoms. The Bertz CT molecular complexity index is 1010. The number of unbranched alkanes of at least 4 members (excludes halogenated alkanes) is 3. The van der Waals surface area contributed by atoms with Crippen molar-refractivity contribution in [2.24, 2.45) is 0 Å². The number of carbonyl (C=O) groups is 2. The highest BCUT2D eigenvalue weighted by Gasteiger charge is 2.24. The van der Waals surface area contributed by atoms with Crippen LogP contribution in [0.5, 0.6) is 0 Å². The number of ether oxygens (including phenoxy) is 3. The minimum atomic E-state index is -0.444. The molecular formula is C30H40N2O5. The summed E-state index contributed by atoms with van der Waals surface area (Å²) in [6.45, 7) is 3.26. The lowest BCUT2D eigenvalue weighted by Gasteiger charge is -2.28. The van der Waals surface area contributed by atoms with Crippen LogP contribution in [0, 0.1) is 0 Å². The summed E-state index contributed by atoms with van der Waals surface area (Å²) in [4.78, 5) is 24.6. The number of nitrogens with two attached hydrogens (primary N) is 2. The number of anilines is 2. The first-order chi connectivity index (χ1) is 17.9. The van der Waals surface area contributed by atoms with Gasteiger partial charge in [-0.05, 0) is 79.6 Å². The zero-order valence-electron chi connectivity index (χ0n) is 21.8. The molecule has 0 amide bonds. The molecule has 4 N–H and O–H groups in total. The number of carbonyl (C=O) groups excluding carboxylic acids is 2. The van der Waals surface area contributed by atoms with Gasteiger partial charge in [-0.1, -0.05) is 38.3 Å². The molecule has 2 aromatic rings. The number of nitrogen functional groups attached to an aromatic ring is 2. The van der Waals surface area contributed by atoms with Crippen LogP contribution in [0.2, 0.25) is 0 Å². The molecule has 7 nitrogen and oxygen atoms in total. The standard InChI is InChI=1S/C30H40N2O5/c1-2-3-4-5-17-35-27-11-13-28(14-12-27)37-30(34)24-9-6-22(7-10-24)8-15-29(33)36-18-16-23-19-25(31)21-26(32)20-23/h6-10,15,19-21,27-28H,2-5,11-14,16-18,31-32H2,1H3/b15-8+. The van der Waals surface area contributed by atoms with Crippen molar-refractivity contribution in [2.45, 2.75) is 76.9 Å². The third-order valence-electron chi connectivity index (χ3n) is 6.48. The van der Waals surface area contributed by atoms with Gasteiger partial charge in [-0.25, -0.2) is 9.59 Å². The molecule has 0 unspecified atom stereocenters. The summed E-state index contributed by atoms with van der Waals surface area (Å²) in [5.74, 6) is -0.762. The Morgan fingerprint density at radius 2 is 1.57 bits per heavy atom. The summed E-state index contributed by atoms with van der Waals surface area (Å²) in [5.41, 5.74) is 14.9. The van der Waals surface area contributed by atoms with Gasteiger partial charge in [-0.2, -0.15) is 0 Å². The van der Waals surface area contributed by atoms with Crippen LogP contribution in [0.3, 0.4) is 0 Å². The van der Waals surface area contributed by atoms with Gasteiger partial charge in [0, 0.05) is 30.5 Å². The summed E-state index contributed by atoms with van der Waals surface area (Å²) in [7, 11) is 0. The molecular weight excluding hydrogens is 468 g/mol. The van der Waals surface area contributed by atoms with Crippen molar-refractivity contribution in [1.29, 1.82) is 0 Å². The van der Waals surface area contributed by atoms with E-state index in [-0.39, 0.29) is 24.8 Å². The quantitative estimate of drug-likeness (QED) is 0.154. The largest absolute Gasteiger partial charge is 0.462 e. The van der Waals surface area contributed by atoms with Gasteiger partial charge in [0.25, 0.3) is 0 Å². The lowest BCUT2D eigenvalue weighted by atomic mass is 9.95. The van der Waals surface area contributed by atoms with Crippen LogP contribution in [0.25, 0.3) is 6.08 Å². The maximum absolute atomic E-state index is 12.6. The fourth-order valence-electron chi connectivity index (χ4n) is 4.42. The molecule has 1 saturated carbocycles. The molecule has 0 spiro atoms. The molecule has 3 rings (SSSR count). The van der Waals surface area contributed by atoms with Gasteiger partial charge in [-0.3, -0.25) is 0 Å². The van der Waals surface area contributed by atoms with Gasteiger partial charge in [0.2, 0.25) is 0 Å². The molecule has 0 radical (unpaired) electrons. The van der Waals surface area contributed by atoms with Crippen molar-refractivity contribution >= 4 is 29.4 Å². The molecule has 7 heteroatoms. The Morgan fingerprint density at radius 1 is 0.892 bits per heavy atom. The fraction of sp³-hybridized carbons (Fsp3) is 0.467. The van der Waals surface area contributed by atoms with Gasteiger partial charge >= 0.3 is 11.9 Å². The lowest BCUT2D eigenvalue weighted by Crippen LogP contribution is -2.28. The van der Waals surface area contributed by atoms with Gasteiger partial charge in [0.05, 0.1) is 18.3 Å². The fourth-order valence-corrected chi connectivity index (χ4v) is 4.42. The number of hydrogen-bond donors (Lipinski definition) is 2.